The Morgan fingerprint density at radius 1 is 1.24 bits per heavy atom. The third-order valence-corrected chi connectivity index (χ3v) is 27.6. The summed E-state index contributed by atoms with van der Waals surface area (Å²) in [5.41, 5.74) is 1.40. The molecule has 0 aromatic rings. The van der Waals surface area contributed by atoms with Gasteiger partial charge in [0, 0.05) is 0 Å². The van der Waals surface area contributed by atoms with Crippen LogP contribution in [0.25, 0.3) is 0 Å². The minimum Gasteiger partial charge on any atom is -1.00 e. The number of nitrogens with one attached hydrogen (secondary N) is 1. The zero-order chi connectivity index (χ0) is 13.8. The van der Waals surface area contributed by atoms with Gasteiger partial charge in [-0.1, -0.05) is 0 Å². The second-order valence-electron chi connectivity index (χ2n) is 6.21. The maximum atomic E-state index is 12.5. The Morgan fingerprint density at radius 2 is 1.86 bits per heavy atom. The van der Waals surface area contributed by atoms with Gasteiger partial charge in [-0.2, -0.15) is 0 Å². The zero-order valence-corrected chi connectivity index (χ0v) is 19.5. The summed E-state index contributed by atoms with van der Waals surface area (Å²) in [4.78, 5) is 12.5. The van der Waals surface area contributed by atoms with Crippen LogP contribution in [0.3, 0.4) is 0 Å². The summed E-state index contributed by atoms with van der Waals surface area (Å²) >= 11 is -1.99. The van der Waals surface area contributed by atoms with Crippen molar-refractivity contribution < 1.29 is 50.5 Å². The molecule has 21 heavy (non-hydrogen) atoms. The average molecular weight is 514 g/mol. The summed E-state index contributed by atoms with van der Waals surface area (Å²) in [6.45, 7) is 7.04. The van der Waals surface area contributed by atoms with Crippen molar-refractivity contribution in [2.24, 2.45) is 5.92 Å². The summed E-state index contributed by atoms with van der Waals surface area (Å²) in [6, 6.07) is 0. The third kappa shape index (κ3) is 6.32. The second-order valence-corrected chi connectivity index (χ2v) is 31.9. The van der Waals surface area contributed by atoms with Gasteiger partial charge >= 0.3 is 126 Å². The Kier molecular flexibility index (Phi) is 10.7. The molecule has 0 radical (unpaired) electrons. The fraction of sp³-hybridized carbons (Fsp3) is 0.667. The van der Waals surface area contributed by atoms with Crippen molar-refractivity contribution in [1.82, 2.24) is 3.30 Å². The van der Waals surface area contributed by atoms with Gasteiger partial charge in [-0.05, 0) is 0 Å². The molecule has 1 N–H and O–H groups in total. The van der Waals surface area contributed by atoms with Crippen molar-refractivity contribution in [3.63, 3.8) is 0 Å². The van der Waals surface area contributed by atoms with Gasteiger partial charge in [0.05, 0.1) is 0 Å². The molecule has 0 aromatic heterocycles. The molecule has 2 nitrogen and oxygen atoms in total. The van der Waals surface area contributed by atoms with Gasteiger partial charge < -0.3 is 24.8 Å². The first-order valence-corrected chi connectivity index (χ1v) is 20.3. The van der Waals surface area contributed by atoms with E-state index in [0.717, 1.165) is 19.3 Å². The molecular formula is C15H26Cl2HfNOSi. The number of carbonyl (C=O) groups excluding carboxylic acids is 1. The molecule has 0 spiro atoms. The molecule has 119 valence electrons. The predicted octanol–water partition coefficient (Wildman–Crippen LogP) is -2.56. The van der Waals surface area contributed by atoms with Gasteiger partial charge in [0.15, 0.2) is 0 Å². The van der Waals surface area contributed by atoms with Crippen molar-refractivity contribution in [2.75, 3.05) is 0 Å². The molecule has 0 saturated heterocycles. The van der Waals surface area contributed by atoms with Crippen LogP contribution in [0.5, 0.6) is 0 Å². The van der Waals surface area contributed by atoms with E-state index < -0.39 is 26.9 Å². The van der Waals surface area contributed by atoms with Crippen LogP contribution >= 0.6 is 0 Å². The quantitative estimate of drug-likeness (QED) is 0.412. The van der Waals surface area contributed by atoms with E-state index in [0.29, 0.717) is 11.8 Å². The SMILES string of the molecule is CC1=CC[C]([Hf+2]([NH]C(=O)C2CCCCC2)[SiH](C)C)=C1.[Cl-].[Cl-]. The Hall–Kier alpha value is 0.617. The molecule has 2 rings (SSSR count). The largest absolute Gasteiger partial charge is 1.00 e. The van der Waals surface area contributed by atoms with E-state index in [-0.39, 0.29) is 24.8 Å². The maximum absolute atomic E-state index is 12.5. The van der Waals surface area contributed by atoms with Gasteiger partial charge in [0.1, 0.15) is 0 Å². The van der Waals surface area contributed by atoms with E-state index in [1.165, 1.54) is 24.8 Å². The topological polar surface area (TPSA) is 29.1 Å². The average Bonchev–Trinajstić information content (AvgIpc) is 2.82. The maximum Gasteiger partial charge on any atom is -1.00 e. The van der Waals surface area contributed by atoms with E-state index in [1.54, 1.807) is 3.33 Å². The summed E-state index contributed by atoms with van der Waals surface area (Å²) in [5, 5.41) is 0. The van der Waals surface area contributed by atoms with Crippen LogP contribution < -0.4 is 28.1 Å². The minimum absolute atomic E-state index is 0. The molecular weight excluding hydrogens is 488 g/mol. The minimum atomic E-state index is -1.99. The first-order valence-electron chi connectivity index (χ1n) is 7.63. The predicted molar refractivity (Wildman–Crippen MR) is 80.1 cm³/mol. The van der Waals surface area contributed by atoms with Gasteiger partial charge in [-0.25, -0.2) is 0 Å². The van der Waals surface area contributed by atoms with Crippen LogP contribution in [-0.4, -0.2) is 11.9 Å². The number of rotatable bonds is 4. The molecule has 1 saturated carbocycles. The number of allylic oxidation sites excluding steroid dienone is 4. The van der Waals surface area contributed by atoms with Crippen LogP contribution in [0.2, 0.25) is 13.1 Å². The number of hydrogen-bond donors (Lipinski definition) is 1. The third-order valence-electron chi connectivity index (χ3n) is 4.20. The second kappa shape index (κ2) is 10.4. The van der Waals surface area contributed by atoms with Crippen molar-refractivity contribution in [1.29, 1.82) is 0 Å². The molecule has 0 heterocycles. The number of hydrogen-bond acceptors (Lipinski definition) is 1. The van der Waals surface area contributed by atoms with E-state index in [2.05, 4.69) is 35.5 Å². The van der Waals surface area contributed by atoms with E-state index in [9.17, 15) is 4.79 Å². The standard InChI is InChI=1S/C7H13NO.C6H7.C2H7Si.2ClH.Hf/c8-7(9)6-4-2-1-3-5-6;1-6-4-2-3-5-6;1-3-2;;;/h6H,1-5H2,(H2,8,9);4-5H,2H2,1H3;3H,1-2H3;2*1H;/q;;;;;+3/p-3. The molecule has 0 atom stereocenters. The zero-order valence-electron chi connectivity index (χ0n) is 13.2. The number of carbonyl (C=O) groups is 1. The van der Waals surface area contributed by atoms with Crippen molar-refractivity contribution in [3.8, 4) is 0 Å². The van der Waals surface area contributed by atoms with Crippen molar-refractivity contribution in [2.45, 2.75) is 58.5 Å². The molecule has 0 bridgehead atoms. The molecule has 2 aliphatic carbocycles. The number of amides is 1. The molecule has 1 amide bonds. The molecule has 0 unspecified atom stereocenters. The smallest absolute Gasteiger partial charge is 1.00 e. The van der Waals surface area contributed by atoms with Gasteiger partial charge in [0.2, 0.25) is 0 Å². The van der Waals surface area contributed by atoms with Gasteiger partial charge in [-0.3, -0.25) is 0 Å². The fourth-order valence-corrected chi connectivity index (χ4v) is 22.8. The Labute approximate surface area is 150 Å². The van der Waals surface area contributed by atoms with Crippen LogP contribution in [0.4, 0.5) is 0 Å². The summed E-state index contributed by atoms with van der Waals surface area (Å²) in [7, 11) is 0. The number of halogens is 2. The molecule has 2 aliphatic rings. The Balaban J connectivity index is 0.00000200. The Morgan fingerprint density at radius 3 is 2.33 bits per heavy atom. The molecule has 1 fully saturated rings. The fourth-order valence-electron chi connectivity index (χ4n) is 3.05. The first kappa shape index (κ1) is 21.6. The molecule has 6 heteroatoms. The summed E-state index contributed by atoms with van der Waals surface area (Å²) in [6.07, 6.45) is 11.9. The van der Waals surface area contributed by atoms with Crippen LogP contribution in [-0.2, 0) is 25.7 Å². The van der Waals surface area contributed by atoms with Gasteiger partial charge in [-0.15, -0.1) is 0 Å². The first-order chi connectivity index (χ1) is 9.08. The van der Waals surface area contributed by atoms with Crippen LogP contribution in [0.1, 0.15) is 45.4 Å². The summed E-state index contributed by atoms with van der Waals surface area (Å²) in [5.74, 6) is 0.0449. The van der Waals surface area contributed by atoms with Gasteiger partial charge in [0.25, 0.3) is 0 Å². The van der Waals surface area contributed by atoms with Crippen molar-refractivity contribution in [3.05, 3.63) is 21.1 Å². The van der Waals surface area contributed by atoms with Crippen molar-refractivity contribution >= 4 is 11.9 Å². The van der Waals surface area contributed by atoms with Crippen LogP contribution in [0, 0.1) is 5.92 Å². The summed E-state index contributed by atoms with van der Waals surface area (Å²) < 4.78 is 5.23. The Bertz CT molecular complexity index is 406. The monoisotopic (exact) mass is 514 g/mol. The van der Waals surface area contributed by atoms with E-state index in [1.807, 2.05) is 0 Å². The van der Waals surface area contributed by atoms with E-state index in [4.69, 9.17) is 0 Å². The molecule has 0 aromatic carbocycles. The van der Waals surface area contributed by atoms with E-state index >= 15 is 0 Å². The van der Waals surface area contributed by atoms with Crippen LogP contribution in [0.15, 0.2) is 21.1 Å². The normalized spacial score (nSPS) is 18.3. The molecule has 0 aliphatic heterocycles.